The molecule has 3 N–H and O–H groups in total. The Hall–Kier alpha value is -3.41. The van der Waals surface area contributed by atoms with Gasteiger partial charge in [-0.1, -0.05) is 60.7 Å². The molecule has 0 bridgehead atoms. The average molecular weight is 334 g/mol. The quantitative estimate of drug-likeness (QED) is 0.623. The highest BCUT2D eigenvalue weighted by Crippen LogP contribution is 2.24. The van der Waals surface area contributed by atoms with Crippen molar-refractivity contribution in [1.29, 1.82) is 0 Å². The van der Waals surface area contributed by atoms with Crippen LogP contribution in [0.25, 0.3) is 0 Å². The van der Waals surface area contributed by atoms with Crippen molar-refractivity contribution in [1.82, 2.24) is 21.0 Å². The summed E-state index contributed by atoms with van der Waals surface area (Å²) in [5, 5.41) is 6.49. The van der Waals surface area contributed by atoms with Crippen molar-refractivity contribution in [2.45, 2.75) is 12.3 Å². The molecule has 0 fully saturated rings. The monoisotopic (exact) mass is 334 g/mol. The Balaban J connectivity index is 1.70. The third-order valence-electron chi connectivity index (χ3n) is 3.76. The number of nitrogens with zero attached hydrogens (tertiary/aromatic N) is 1. The van der Waals surface area contributed by atoms with Gasteiger partial charge in [-0.05, 0) is 17.2 Å². The van der Waals surface area contributed by atoms with E-state index in [1.54, 1.807) is 12.3 Å². The van der Waals surface area contributed by atoms with Crippen LogP contribution in [-0.2, 0) is 16.0 Å². The first-order valence-corrected chi connectivity index (χ1v) is 7.91. The number of amides is 2. The second-order valence-corrected chi connectivity index (χ2v) is 5.55. The molecule has 0 unspecified atom stereocenters. The van der Waals surface area contributed by atoms with E-state index in [-0.39, 0.29) is 18.2 Å². The molecule has 2 aromatic carbocycles. The van der Waals surface area contributed by atoms with Crippen LogP contribution >= 0.6 is 0 Å². The first-order chi connectivity index (χ1) is 12.2. The SMILES string of the molecule is O=C(Cc1ccn[nH]1)NNC(=O)C(c1ccccc1)c1ccccc1. The minimum absolute atomic E-state index is 0.113. The Morgan fingerprint density at radius 2 is 1.48 bits per heavy atom. The molecule has 0 saturated carbocycles. The molecular formula is C19H18N4O2. The lowest BCUT2D eigenvalue weighted by atomic mass is 9.91. The Kier molecular flexibility index (Phi) is 5.21. The largest absolute Gasteiger partial charge is 0.282 e. The van der Waals surface area contributed by atoms with E-state index in [1.165, 1.54) is 0 Å². The van der Waals surface area contributed by atoms with Crippen LogP contribution in [0.2, 0.25) is 0 Å². The predicted molar refractivity (Wildman–Crippen MR) is 93.3 cm³/mol. The smallest absolute Gasteiger partial charge is 0.250 e. The highest BCUT2D eigenvalue weighted by molar-refractivity contribution is 5.89. The van der Waals surface area contributed by atoms with Crippen LogP contribution in [0.4, 0.5) is 0 Å². The number of hydrogen-bond donors (Lipinski definition) is 3. The summed E-state index contributed by atoms with van der Waals surface area (Å²) in [6.45, 7) is 0. The van der Waals surface area contributed by atoms with Gasteiger partial charge in [0.05, 0.1) is 12.3 Å². The zero-order valence-electron chi connectivity index (χ0n) is 13.5. The lowest BCUT2D eigenvalue weighted by Crippen LogP contribution is -2.44. The first kappa shape index (κ1) is 16.4. The van der Waals surface area contributed by atoms with Crippen molar-refractivity contribution in [3.63, 3.8) is 0 Å². The van der Waals surface area contributed by atoms with Crippen LogP contribution in [0.1, 0.15) is 22.7 Å². The van der Waals surface area contributed by atoms with E-state index in [0.29, 0.717) is 5.69 Å². The molecule has 3 rings (SSSR count). The van der Waals surface area contributed by atoms with Crippen molar-refractivity contribution in [2.24, 2.45) is 0 Å². The number of carbonyl (C=O) groups excluding carboxylic acids is 2. The van der Waals surface area contributed by atoms with Gasteiger partial charge in [0.2, 0.25) is 11.8 Å². The van der Waals surface area contributed by atoms with Gasteiger partial charge in [0.1, 0.15) is 0 Å². The molecule has 0 atom stereocenters. The van der Waals surface area contributed by atoms with E-state index >= 15 is 0 Å². The van der Waals surface area contributed by atoms with Crippen molar-refractivity contribution in [3.05, 3.63) is 89.7 Å². The molecule has 25 heavy (non-hydrogen) atoms. The molecule has 1 heterocycles. The lowest BCUT2D eigenvalue weighted by Gasteiger charge is -2.18. The second-order valence-electron chi connectivity index (χ2n) is 5.55. The van der Waals surface area contributed by atoms with Crippen LogP contribution in [0.15, 0.2) is 72.9 Å². The first-order valence-electron chi connectivity index (χ1n) is 7.91. The Labute approximate surface area is 145 Å². The standard InChI is InChI=1S/C19H18N4O2/c24-17(13-16-11-12-20-21-16)22-23-19(25)18(14-7-3-1-4-8-14)15-9-5-2-6-10-15/h1-12,18H,13H2,(H,20,21)(H,22,24)(H,23,25). The fourth-order valence-electron chi connectivity index (χ4n) is 2.59. The fourth-order valence-corrected chi connectivity index (χ4v) is 2.59. The molecule has 0 aliphatic heterocycles. The van der Waals surface area contributed by atoms with Crippen molar-refractivity contribution >= 4 is 11.8 Å². The maximum absolute atomic E-state index is 12.7. The average Bonchev–Trinajstić information content (AvgIpc) is 3.15. The van der Waals surface area contributed by atoms with Gasteiger partial charge in [-0.2, -0.15) is 5.10 Å². The molecule has 0 aliphatic carbocycles. The third kappa shape index (κ3) is 4.32. The molecule has 6 nitrogen and oxygen atoms in total. The maximum atomic E-state index is 12.7. The van der Waals surface area contributed by atoms with Gasteiger partial charge in [0, 0.05) is 11.9 Å². The molecule has 0 spiro atoms. The van der Waals surface area contributed by atoms with Crippen molar-refractivity contribution < 1.29 is 9.59 Å². The van der Waals surface area contributed by atoms with Gasteiger partial charge in [0.15, 0.2) is 0 Å². The van der Waals surface area contributed by atoms with Crippen LogP contribution < -0.4 is 10.9 Å². The summed E-state index contributed by atoms with van der Waals surface area (Å²) in [4.78, 5) is 24.6. The summed E-state index contributed by atoms with van der Waals surface area (Å²) < 4.78 is 0. The summed E-state index contributed by atoms with van der Waals surface area (Å²) in [6, 6.07) is 20.6. The van der Waals surface area contributed by atoms with Crippen LogP contribution in [0.5, 0.6) is 0 Å². The molecule has 0 saturated heterocycles. The number of carbonyl (C=O) groups is 2. The fraction of sp³-hybridized carbons (Fsp3) is 0.105. The molecule has 3 aromatic rings. The zero-order valence-corrected chi connectivity index (χ0v) is 13.5. The number of H-pyrrole nitrogens is 1. The van der Waals surface area contributed by atoms with Gasteiger partial charge in [-0.25, -0.2) is 0 Å². The van der Waals surface area contributed by atoms with E-state index in [1.807, 2.05) is 60.7 Å². The molecule has 0 radical (unpaired) electrons. The van der Waals surface area contributed by atoms with Crippen molar-refractivity contribution in [2.75, 3.05) is 0 Å². The molecule has 0 aliphatic rings. The number of rotatable bonds is 5. The highest BCUT2D eigenvalue weighted by Gasteiger charge is 2.22. The minimum atomic E-state index is -0.505. The summed E-state index contributed by atoms with van der Waals surface area (Å²) in [5.41, 5.74) is 7.36. The summed E-state index contributed by atoms with van der Waals surface area (Å²) in [7, 11) is 0. The minimum Gasteiger partial charge on any atom is -0.282 e. The zero-order chi connectivity index (χ0) is 17.5. The van der Waals surface area contributed by atoms with Crippen LogP contribution in [0, 0.1) is 0 Å². The summed E-state index contributed by atoms with van der Waals surface area (Å²) in [5.74, 6) is -1.12. The molecule has 126 valence electrons. The number of hydrazine groups is 1. The van der Waals surface area contributed by atoms with Gasteiger partial charge in [-0.15, -0.1) is 0 Å². The highest BCUT2D eigenvalue weighted by atomic mass is 16.2. The number of aromatic amines is 1. The van der Waals surface area contributed by atoms with Gasteiger partial charge < -0.3 is 0 Å². The van der Waals surface area contributed by atoms with E-state index in [4.69, 9.17) is 0 Å². The van der Waals surface area contributed by atoms with Crippen LogP contribution in [-0.4, -0.2) is 22.0 Å². The van der Waals surface area contributed by atoms with E-state index < -0.39 is 5.92 Å². The number of hydrogen-bond acceptors (Lipinski definition) is 3. The van der Waals surface area contributed by atoms with E-state index in [2.05, 4.69) is 21.0 Å². The molecule has 2 amide bonds. The van der Waals surface area contributed by atoms with Gasteiger partial charge >= 0.3 is 0 Å². The topological polar surface area (TPSA) is 86.9 Å². The molecule has 1 aromatic heterocycles. The Bertz CT molecular complexity index is 778. The number of aromatic nitrogens is 2. The van der Waals surface area contributed by atoms with E-state index in [9.17, 15) is 9.59 Å². The summed E-state index contributed by atoms with van der Waals surface area (Å²) in [6.07, 6.45) is 1.68. The van der Waals surface area contributed by atoms with Crippen LogP contribution in [0.3, 0.4) is 0 Å². The Morgan fingerprint density at radius 3 is 2.00 bits per heavy atom. The second kappa shape index (κ2) is 7.92. The molecule has 6 heteroatoms. The van der Waals surface area contributed by atoms with Crippen molar-refractivity contribution in [3.8, 4) is 0 Å². The van der Waals surface area contributed by atoms with Gasteiger partial charge in [-0.3, -0.25) is 25.5 Å². The Morgan fingerprint density at radius 1 is 0.880 bits per heavy atom. The number of nitrogens with one attached hydrogen (secondary N) is 3. The maximum Gasteiger partial charge on any atom is 0.250 e. The number of benzene rings is 2. The molecular weight excluding hydrogens is 316 g/mol. The lowest BCUT2D eigenvalue weighted by molar-refractivity contribution is -0.128. The summed E-state index contributed by atoms with van der Waals surface area (Å²) >= 11 is 0. The third-order valence-corrected chi connectivity index (χ3v) is 3.76. The predicted octanol–water partition coefficient (Wildman–Crippen LogP) is 1.93. The van der Waals surface area contributed by atoms with Gasteiger partial charge in [0.25, 0.3) is 0 Å². The van der Waals surface area contributed by atoms with E-state index in [0.717, 1.165) is 11.1 Å². The normalized spacial score (nSPS) is 10.4.